The number of halogens is 4. The normalized spacial score (nSPS) is 11.8. The maximum atomic E-state index is 13.7. The lowest BCUT2D eigenvalue weighted by Crippen LogP contribution is -2.45. The lowest BCUT2D eigenvalue weighted by Gasteiger charge is -2.22. The van der Waals surface area contributed by atoms with E-state index in [4.69, 9.17) is 5.11 Å². The van der Waals surface area contributed by atoms with Gasteiger partial charge in [-0.2, -0.15) is 8.78 Å². The van der Waals surface area contributed by atoms with Crippen LogP contribution >= 0.6 is 0 Å². The number of amides is 3. The molecular formula is C26H27F4N3O7. The lowest BCUT2D eigenvalue weighted by molar-refractivity contribution is -0.140. The first kappa shape index (κ1) is 31.7. The number of carboxylic acids is 1. The first-order valence-electron chi connectivity index (χ1n) is 11.8. The predicted octanol–water partition coefficient (Wildman–Crippen LogP) is 2.59. The number of rotatable bonds is 11. The van der Waals surface area contributed by atoms with E-state index in [1.54, 1.807) is 24.3 Å². The first-order valence-corrected chi connectivity index (χ1v) is 11.8. The molecule has 0 aliphatic carbocycles. The minimum absolute atomic E-state index is 0.0694. The highest BCUT2D eigenvalue weighted by Crippen LogP contribution is 2.29. The minimum Gasteiger partial charge on any atom is -0.481 e. The summed E-state index contributed by atoms with van der Waals surface area (Å²) in [5.41, 5.74) is 0.871. The summed E-state index contributed by atoms with van der Waals surface area (Å²) in [5, 5.41) is 15.8. The van der Waals surface area contributed by atoms with E-state index < -0.39 is 84.0 Å². The van der Waals surface area contributed by atoms with Crippen molar-refractivity contribution in [3.63, 3.8) is 0 Å². The Balaban J connectivity index is 1.93. The second-order valence-corrected chi connectivity index (χ2v) is 9.53. The Hall–Kier alpha value is -4.49. The number of aliphatic carboxylic acids is 1. The molecule has 40 heavy (non-hydrogen) atoms. The number of carbonyl (C=O) groups is 5. The fourth-order valence-electron chi connectivity index (χ4n) is 3.40. The van der Waals surface area contributed by atoms with Crippen molar-refractivity contribution < 1.29 is 51.4 Å². The molecule has 0 spiro atoms. The Bertz CT molecular complexity index is 1290. The number of carboxylic acid groups (broad SMARTS) is 1. The van der Waals surface area contributed by atoms with Gasteiger partial charge in [0.15, 0.2) is 23.2 Å². The van der Waals surface area contributed by atoms with Gasteiger partial charge in [-0.15, -0.1) is 0 Å². The van der Waals surface area contributed by atoms with E-state index in [0.717, 1.165) is 5.56 Å². The van der Waals surface area contributed by atoms with Crippen LogP contribution in [-0.2, 0) is 29.4 Å². The molecule has 2 aromatic rings. The predicted molar refractivity (Wildman–Crippen MR) is 132 cm³/mol. The van der Waals surface area contributed by atoms with Gasteiger partial charge in [-0.3, -0.25) is 24.0 Å². The molecule has 4 N–H and O–H groups in total. The molecule has 0 saturated heterocycles. The summed E-state index contributed by atoms with van der Waals surface area (Å²) >= 11 is 0. The molecule has 3 amide bonds. The van der Waals surface area contributed by atoms with Gasteiger partial charge in [-0.1, -0.05) is 39.0 Å². The van der Waals surface area contributed by atoms with Gasteiger partial charge >= 0.3 is 17.8 Å². The fraction of sp³-hybridized carbons (Fsp3) is 0.346. The summed E-state index contributed by atoms with van der Waals surface area (Å²) in [6.07, 6.45) is -1.45. The summed E-state index contributed by atoms with van der Waals surface area (Å²) in [6, 6.07) is 5.05. The second-order valence-electron chi connectivity index (χ2n) is 9.53. The summed E-state index contributed by atoms with van der Waals surface area (Å²) in [4.78, 5) is 60.2. The molecule has 2 aromatic carbocycles. The Morgan fingerprint density at radius 3 is 2.12 bits per heavy atom. The number of anilines is 1. The SMILES string of the molecule is CC(C)(C)c1ccccc1NC(=O)C(=O)NCCC(=O)NC(CC(=O)O)C(=O)COc1c(F)c(F)cc(F)c1F. The third-order valence-electron chi connectivity index (χ3n) is 5.36. The Morgan fingerprint density at radius 1 is 0.950 bits per heavy atom. The number of para-hydroxylation sites is 1. The van der Waals surface area contributed by atoms with E-state index in [-0.39, 0.29) is 18.0 Å². The Kier molecular flexibility index (Phi) is 10.7. The van der Waals surface area contributed by atoms with Crippen molar-refractivity contribution in [1.29, 1.82) is 0 Å². The molecule has 0 bridgehead atoms. The Morgan fingerprint density at radius 2 is 1.55 bits per heavy atom. The van der Waals surface area contributed by atoms with Gasteiger partial charge in [0.2, 0.25) is 17.5 Å². The van der Waals surface area contributed by atoms with Crippen LogP contribution in [0.4, 0.5) is 23.2 Å². The zero-order valence-corrected chi connectivity index (χ0v) is 21.7. The summed E-state index contributed by atoms with van der Waals surface area (Å²) < 4.78 is 58.6. The van der Waals surface area contributed by atoms with Crippen LogP contribution < -0.4 is 20.7 Å². The maximum Gasteiger partial charge on any atom is 0.313 e. The average Bonchev–Trinajstić information content (AvgIpc) is 2.86. The van der Waals surface area contributed by atoms with Crippen molar-refractivity contribution >= 4 is 35.2 Å². The smallest absolute Gasteiger partial charge is 0.313 e. The van der Waals surface area contributed by atoms with Crippen LogP contribution in [0.2, 0.25) is 0 Å². The van der Waals surface area contributed by atoms with Crippen LogP contribution in [0.15, 0.2) is 30.3 Å². The molecule has 10 nitrogen and oxygen atoms in total. The molecule has 2 rings (SSSR count). The van der Waals surface area contributed by atoms with Crippen molar-refractivity contribution in [3.8, 4) is 5.75 Å². The van der Waals surface area contributed by atoms with Crippen LogP contribution in [0.3, 0.4) is 0 Å². The summed E-state index contributed by atoms with van der Waals surface area (Å²) in [5.74, 6) is -14.6. The Labute approximate surface area is 226 Å². The average molecular weight is 570 g/mol. The largest absolute Gasteiger partial charge is 0.481 e. The van der Waals surface area contributed by atoms with Crippen LogP contribution in [0, 0.1) is 23.3 Å². The number of hydrogen-bond acceptors (Lipinski definition) is 6. The second kappa shape index (κ2) is 13.5. The summed E-state index contributed by atoms with van der Waals surface area (Å²) in [6.45, 7) is 4.15. The number of nitrogens with one attached hydrogen (secondary N) is 3. The van der Waals surface area contributed by atoms with E-state index in [2.05, 4.69) is 20.7 Å². The molecule has 0 aliphatic rings. The van der Waals surface area contributed by atoms with E-state index in [0.29, 0.717) is 5.69 Å². The molecule has 0 aliphatic heterocycles. The molecule has 0 aromatic heterocycles. The maximum absolute atomic E-state index is 13.7. The quantitative estimate of drug-likeness (QED) is 0.185. The van der Waals surface area contributed by atoms with E-state index in [1.807, 2.05) is 20.8 Å². The molecule has 1 unspecified atom stereocenters. The number of benzene rings is 2. The van der Waals surface area contributed by atoms with Gasteiger partial charge in [-0.25, -0.2) is 8.78 Å². The highest BCUT2D eigenvalue weighted by atomic mass is 19.2. The number of ketones is 1. The third-order valence-corrected chi connectivity index (χ3v) is 5.36. The number of Topliss-reactive ketones (excluding diaryl/α,β-unsaturated/α-hetero) is 1. The zero-order valence-electron chi connectivity index (χ0n) is 21.7. The minimum atomic E-state index is -1.91. The van der Waals surface area contributed by atoms with Crippen molar-refractivity contribution in [2.45, 2.75) is 45.1 Å². The van der Waals surface area contributed by atoms with Gasteiger partial charge in [0.05, 0.1) is 6.42 Å². The number of carbonyl (C=O) groups excluding carboxylic acids is 4. The molecule has 216 valence electrons. The van der Waals surface area contributed by atoms with Gasteiger partial charge in [0.25, 0.3) is 0 Å². The highest BCUT2D eigenvalue weighted by molar-refractivity contribution is 6.39. The van der Waals surface area contributed by atoms with Crippen LogP contribution in [-0.4, -0.2) is 53.8 Å². The monoisotopic (exact) mass is 569 g/mol. The van der Waals surface area contributed by atoms with E-state index in [9.17, 15) is 41.5 Å². The molecular weight excluding hydrogens is 542 g/mol. The molecule has 14 heteroatoms. The summed E-state index contributed by atoms with van der Waals surface area (Å²) in [7, 11) is 0. The topological polar surface area (TPSA) is 151 Å². The van der Waals surface area contributed by atoms with Crippen LogP contribution in [0.5, 0.6) is 5.75 Å². The van der Waals surface area contributed by atoms with Crippen molar-refractivity contribution in [2.75, 3.05) is 18.5 Å². The molecule has 0 saturated carbocycles. The zero-order chi connectivity index (χ0) is 30.2. The van der Waals surface area contributed by atoms with Gasteiger partial charge in [0, 0.05) is 24.7 Å². The molecule has 0 radical (unpaired) electrons. The lowest BCUT2D eigenvalue weighted by atomic mass is 9.86. The van der Waals surface area contributed by atoms with Gasteiger partial charge in [0.1, 0.15) is 12.6 Å². The van der Waals surface area contributed by atoms with Gasteiger partial charge < -0.3 is 25.8 Å². The van der Waals surface area contributed by atoms with Crippen LogP contribution in [0.1, 0.15) is 39.2 Å². The van der Waals surface area contributed by atoms with Crippen molar-refractivity contribution in [1.82, 2.24) is 10.6 Å². The van der Waals surface area contributed by atoms with Crippen molar-refractivity contribution in [3.05, 3.63) is 59.2 Å². The standard InChI is InChI=1S/C26H27F4N3O7/c1-26(2,3)13-6-4-5-7-16(13)33-25(39)24(38)31-9-8-19(35)32-17(11-20(36)37)18(34)12-40-23-21(29)14(27)10-15(28)22(23)30/h4-7,10,17H,8-9,11-12H2,1-3H3,(H,31,38)(H,32,35)(H,33,39)(H,36,37). The first-order chi connectivity index (χ1) is 18.6. The van der Waals surface area contributed by atoms with Crippen LogP contribution in [0.25, 0.3) is 0 Å². The molecule has 1 atom stereocenters. The fourth-order valence-corrected chi connectivity index (χ4v) is 3.40. The number of hydrogen-bond donors (Lipinski definition) is 4. The molecule has 0 heterocycles. The van der Waals surface area contributed by atoms with Crippen molar-refractivity contribution in [2.24, 2.45) is 0 Å². The third kappa shape index (κ3) is 8.78. The van der Waals surface area contributed by atoms with E-state index in [1.165, 1.54) is 0 Å². The highest BCUT2D eigenvalue weighted by Gasteiger charge is 2.27. The van der Waals surface area contributed by atoms with Gasteiger partial charge in [-0.05, 0) is 17.0 Å². The number of ether oxygens (including phenoxy) is 1. The van der Waals surface area contributed by atoms with E-state index >= 15 is 0 Å². The molecule has 0 fully saturated rings.